The summed E-state index contributed by atoms with van der Waals surface area (Å²) in [5.74, 6) is 1.78. The molecule has 6 heteroatoms. The summed E-state index contributed by atoms with van der Waals surface area (Å²) in [5.41, 5.74) is 10.8. The molecule has 12 rings (SSSR count). The predicted octanol–water partition coefficient (Wildman–Crippen LogP) is 13.0. The Morgan fingerprint density at radius 1 is 0.351 bits per heavy atom. The lowest BCUT2D eigenvalue weighted by Gasteiger charge is -2.15. The Bertz CT molecular complexity index is 3450. The van der Waals surface area contributed by atoms with Gasteiger partial charge < -0.3 is 13.6 Å². The minimum absolute atomic E-state index is 0.565. The van der Waals surface area contributed by atoms with Crippen LogP contribution in [0.3, 0.4) is 0 Å². The lowest BCUT2D eigenvalue weighted by molar-refractivity contribution is 0.669. The van der Waals surface area contributed by atoms with Crippen LogP contribution in [0.1, 0.15) is 0 Å². The Balaban J connectivity index is 1.25. The van der Waals surface area contributed by atoms with E-state index in [1.807, 2.05) is 72.8 Å². The van der Waals surface area contributed by atoms with E-state index in [2.05, 4.69) is 124 Å². The molecule has 0 aliphatic carbocycles. The maximum atomic E-state index is 6.75. The Morgan fingerprint density at radius 2 is 0.825 bits per heavy atom. The van der Waals surface area contributed by atoms with Crippen molar-refractivity contribution in [1.29, 1.82) is 0 Å². The average Bonchev–Trinajstić information content (AvgIpc) is 3.95. The van der Waals surface area contributed by atoms with Gasteiger partial charge in [-0.3, -0.25) is 0 Å². The van der Waals surface area contributed by atoms with Crippen LogP contribution in [-0.4, -0.2) is 24.1 Å². The van der Waals surface area contributed by atoms with E-state index in [0.29, 0.717) is 17.5 Å². The average molecular weight is 730 g/mol. The van der Waals surface area contributed by atoms with Crippen molar-refractivity contribution in [3.63, 3.8) is 0 Å². The Labute approximate surface area is 326 Å². The van der Waals surface area contributed by atoms with E-state index in [9.17, 15) is 0 Å². The summed E-state index contributed by atoms with van der Waals surface area (Å²) in [5, 5.41) is 6.80. The number of benzene rings is 8. The molecule has 57 heavy (non-hydrogen) atoms. The summed E-state index contributed by atoms with van der Waals surface area (Å²) in [6.45, 7) is 0. The predicted molar refractivity (Wildman–Crippen MR) is 232 cm³/mol. The van der Waals surface area contributed by atoms with Crippen molar-refractivity contribution < 1.29 is 4.42 Å². The van der Waals surface area contributed by atoms with E-state index in [1.54, 1.807) is 0 Å². The van der Waals surface area contributed by atoms with Crippen LogP contribution in [0.5, 0.6) is 0 Å². The van der Waals surface area contributed by atoms with Crippen LogP contribution < -0.4 is 0 Å². The van der Waals surface area contributed by atoms with Gasteiger partial charge in [0.05, 0.1) is 33.1 Å². The SMILES string of the molecule is c1ccc(-c2nc(-c3ccccc3)nc(-c3cc(-n4c5ccccc5c5ccc6c7ccccc7n(-c7ccccc7)c6c54)c4c(c3)oc3ccccc34)n2)cc1. The fourth-order valence-electron chi connectivity index (χ4n) is 8.67. The largest absolute Gasteiger partial charge is 0.456 e. The summed E-state index contributed by atoms with van der Waals surface area (Å²) in [6.07, 6.45) is 0. The quantitative estimate of drug-likeness (QED) is 0.177. The second kappa shape index (κ2) is 12.3. The number of fused-ring (bicyclic) bond motifs is 10. The van der Waals surface area contributed by atoms with Crippen LogP contribution in [0, 0.1) is 0 Å². The highest BCUT2D eigenvalue weighted by Gasteiger charge is 2.25. The van der Waals surface area contributed by atoms with Gasteiger partial charge in [0, 0.05) is 49.3 Å². The first kappa shape index (κ1) is 31.5. The van der Waals surface area contributed by atoms with Crippen LogP contribution >= 0.6 is 0 Å². The second-order valence-corrected chi connectivity index (χ2v) is 14.4. The van der Waals surface area contributed by atoms with Crippen molar-refractivity contribution in [1.82, 2.24) is 24.1 Å². The molecule has 6 nitrogen and oxygen atoms in total. The molecule has 12 aromatic rings. The van der Waals surface area contributed by atoms with Crippen LogP contribution in [0.15, 0.2) is 192 Å². The number of para-hydroxylation sites is 4. The van der Waals surface area contributed by atoms with Gasteiger partial charge in [-0.15, -0.1) is 0 Å². The molecule has 8 aromatic carbocycles. The Morgan fingerprint density at radius 3 is 1.44 bits per heavy atom. The molecule has 0 atom stereocenters. The summed E-state index contributed by atoms with van der Waals surface area (Å²) in [7, 11) is 0. The maximum absolute atomic E-state index is 6.75. The monoisotopic (exact) mass is 729 g/mol. The van der Waals surface area contributed by atoms with E-state index in [-0.39, 0.29) is 0 Å². The van der Waals surface area contributed by atoms with Crippen LogP contribution in [0.4, 0.5) is 0 Å². The number of hydrogen-bond acceptors (Lipinski definition) is 4. The van der Waals surface area contributed by atoms with Crippen LogP contribution in [0.25, 0.3) is 111 Å². The molecule has 4 aromatic heterocycles. The highest BCUT2D eigenvalue weighted by Crippen LogP contribution is 2.45. The van der Waals surface area contributed by atoms with E-state index in [1.165, 1.54) is 21.5 Å². The molecule has 0 fully saturated rings. The molecule has 0 bridgehead atoms. The Kier molecular flexibility index (Phi) is 6.83. The van der Waals surface area contributed by atoms with E-state index < -0.39 is 0 Å². The van der Waals surface area contributed by atoms with Gasteiger partial charge in [-0.05, 0) is 42.5 Å². The van der Waals surface area contributed by atoms with Gasteiger partial charge in [0.25, 0.3) is 0 Å². The number of furan rings is 1. The van der Waals surface area contributed by atoms with Crippen molar-refractivity contribution in [3.8, 4) is 45.5 Å². The van der Waals surface area contributed by atoms with Crippen LogP contribution in [0.2, 0.25) is 0 Å². The molecule has 0 saturated carbocycles. The molecule has 0 saturated heterocycles. The van der Waals surface area contributed by atoms with Gasteiger partial charge in [-0.2, -0.15) is 0 Å². The number of rotatable bonds is 5. The molecule has 4 heterocycles. The molecule has 0 aliphatic heterocycles. The fourth-order valence-corrected chi connectivity index (χ4v) is 8.67. The third-order valence-corrected chi connectivity index (χ3v) is 11.1. The third kappa shape index (κ3) is 4.81. The summed E-state index contributed by atoms with van der Waals surface area (Å²) >= 11 is 0. The van der Waals surface area contributed by atoms with Gasteiger partial charge in [0.2, 0.25) is 0 Å². The summed E-state index contributed by atoms with van der Waals surface area (Å²) in [6, 6.07) is 65.5. The van der Waals surface area contributed by atoms with Crippen molar-refractivity contribution in [2.75, 3.05) is 0 Å². The topological polar surface area (TPSA) is 61.7 Å². The Hall–Kier alpha value is -7.83. The van der Waals surface area contributed by atoms with Gasteiger partial charge in [0.1, 0.15) is 11.2 Å². The molecule has 0 radical (unpaired) electrons. The van der Waals surface area contributed by atoms with Gasteiger partial charge >= 0.3 is 0 Å². The van der Waals surface area contributed by atoms with Crippen molar-refractivity contribution in [2.45, 2.75) is 0 Å². The van der Waals surface area contributed by atoms with Crippen molar-refractivity contribution >= 4 is 65.6 Å². The van der Waals surface area contributed by atoms with E-state index >= 15 is 0 Å². The van der Waals surface area contributed by atoms with Crippen molar-refractivity contribution in [2.24, 2.45) is 0 Å². The van der Waals surface area contributed by atoms with Gasteiger partial charge in [-0.25, -0.2) is 15.0 Å². The minimum Gasteiger partial charge on any atom is -0.456 e. The summed E-state index contributed by atoms with van der Waals surface area (Å²) < 4.78 is 11.6. The van der Waals surface area contributed by atoms with E-state index in [4.69, 9.17) is 19.4 Å². The standard InChI is InChI=1S/C51H31N5O/c1-4-16-32(17-5-1)49-52-50(33-18-6-2-7-19-33)54-51(53-49)34-30-43(46-40-24-12-15-27-44(40)57-45(46)31-34)56-42-26-14-11-23-37(42)39-29-28-38-36-22-10-13-25-41(36)55(47(38)48(39)56)35-20-8-3-9-21-35/h1-31H. The highest BCUT2D eigenvalue weighted by atomic mass is 16.3. The minimum atomic E-state index is 0.565. The fraction of sp³-hybridized carbons (Fsp3) is 0. The first-order chi connectivity index (χ1) is 28.3. The maximum Gasteiger partial charge on any atom is 0.164 e. The van der Waals surface area contributed by atoms with Gasteiger partial charge in [0.15, 0.2) is 17.5 Å². The number of hydrogen-bond donors (Lipinski definition) is 0. The zero-order valence-electron chi connectivity index (χ0n) is 30.5. The lowest BCUT2D eigenvalue weighted by Crippen LogP contribution is -2.02. The normalized spacial score (nSPS) is 11.9. The molecular weight excluding hydrogens is 699 g/mol. The molecular formula is C51H31N5O. The molecule has 0 spiro atoms. The molecule has 266 valence electrons. The van der Waals surface area contributed by atoms with E-state index in [0.717, 1.165) is 72.1 Å². The first-order valence-electron chi connectivity index (χ1n) is 19.1. The zero-order valence-corrected chi connectivity index (χ0v) is 30.5. The molecule has 0 N–H and O–H groups in total. The number of nitrogens with zero attached hydrogens (tertiary/aromatic N) is 5. The smallest absolute Gasteiger partial charge is 0.164 e. The molecule has 0 amide bonds. The third-order valence-electron chi connectivity index (χ3n) is 11.1. The van der Waals surface area contributed by atoms with Crippen LogP contribution in [-0.2, 0) is 0 Å². The van der Waals surface area contributed by atoms with Gasteiger partial charge in [-0.1, -0.05) is 146 Å². The van der Waals surface area contributed by atoms with Crippen molar-refractivity contribution in [3.05, 3.63) is 188 Å². The second-order valence-electron chi connectivity index (χ2n) is 14.4. The number of aromatic nitrogens is 5. The molecule has 0 unspecified atom stereocenters. The molecule has 0 aliphatic rings. The highest BCUT2D eigenvalue weighted by molar-refractivity contribution is 6.25. The summed E-state index contributed by atoms with van der Waals surface area (Å²) in [4.78, 5) is 15.3. The zero-order chi connectivity index (χ0) is 37.5. The lowest BCUT2D eigenvalue weighted by atomic mass is 10.1. The first-order valence-corrected chi connectivity index (χ1v) is 19.1.